The van der Waals surface area contributed by atoms with Crippen molar-refractivity contribution in [3.05, 3.63) is 84.2 Å². The molecule has 1 amide bonds. The van der Waals surface area contributed by atoms with Crippen molar-refractivity contribution in [2.24, 2.45) is 0 Å². The maximum atomic E-state index is 12.6. The van der Waals surface area contributed by atoms with Gasteiger partial charge in [0.15, 0.2) is 0 Å². The molecule has 5 nitrogen and oxygen atoms in total. The van der Waals surface area contributed by atoms with Gasteiger partial charge >= 0.3 is 0 Å². The van der Waals surface area contributed by atoms with Crippen LogP contribution in [0.1, 0.15) is 28.8 Å². The average Bonchev–Trinajstić information content (AvgIpc) is 2.70. The highest BCUT2D eigenvalue weighted by molar-refractivity contribution is 5.95. The van der Waals surface area contributed by atoms with Crippen molar-refractivity contribution in [1.82, 2.24) is 10.3 Å². The molecule has 0 bridgehead atoms. The van der Waals surface area contributed by atoms with Gasteiger partial charge in [-0.15, -0.1) is 0 Å². The number of anilines is 1. The molecule has 0 unspecified atom stereocenters. The monoisotopic (exact) mass is 373 g/mol. The normalized spacial score (nSPS) is 18.3. The fourth-order valence-electron chi connectivity index (χ4n) is 3.33. The Labute approximate surface area is 164 Å². The average molecular weight is 373 g/mol. The van der Waals surface area contributed by atoms with Gasteiger partial charge in [0, 0.05) is 29.6 Å². The lowest BCUT2D eigenvalue weighted by Crippen LogP contribution is -2.47. The molecule has 3 aromatic rings. The first kappa shape index (κ1) is 18.2. The van der Waals surface area contributed by atoms with E-state index in [9.17, 15) is 4.79 Å². The molecule has 1 heterocycles. The van der Waals surface area contributed by atoms with E-state index < -0.39 is 0 Å². The van der Waals surface area contributed by atoms with Crippen LogP contribution in [0.5, 0.6) is 0 Å². The topological polar surface area (TPSA) is 77.2 Å². The Kier molecular flexibility index (Phi) is 5.35. The molecular formula is C23H23N3O2. The zero-order chi connectivity index (χ0) is 19.3. The molecule has 1 aliphatic rings. The van der Waals surface area contributed by atoms with Crippen LogP contribution in [0, 0.1) is 0 Å². The first-order chi connectivity index (χ1) is 13.7. The molecule has 2 aromatic carbocycles. The zero-order valence-corrected chi connectivity index (χ0v) is 15.5. The van der Waals surface area contributed by atoms with Crippen molar-refractivity contribution in [1.29, 1.82) is 0 Å². The molecule has 0 saturated heterocycles. The van der Waals surface area contributed by atoms with Gasteiger partial charge in [0.05, 0.1) is 18.4 Å². The highest BCUT2D eigenvalue weighted by atomic mass is 16.5. The van der Waals surface area contributed by atoms with E-state index in [1.54, 1.807) is 12.4 Å². The standard InChI is InChI=1S/C23H23N3O2/c24-20-10-19(13-25-14-20)17-7-4-8-18(9-17)23(27)26-21-11-22(12-21)28-15-16-5-2-1-3-6-16/h1-10,13-14,21-22H,11-12,15,24H2,(H,26,27). The number of aromatic nitrogens is 1. The van der Waals surface area contributed by atoms with E-state index >= 15 is 0 Å². The molecule has 1 saturated carbocycles. The number of hydrogen-bond donors (Lipinski definition) is 2. The lowest BCUT2D eigenvalue weighted by molar-refractivity contribution is -0.0251. The molecule has 1 fully saturated rings. The van der Waals surface area contributed by atoms with E-state index in [4.69, 9.17) is 10.5 Å². The van der Waals surface area contributed by atoms with Gasteiger partial charge in [0.25, 0.3) is 5.91 Å². The maximum Gasteiger partial charge on any atom is 0.251 e. The summed E-state index contributed by atoms with van der Waals surface area (Å²) in [6.45, 7) is 0.614. The Morgan fingerprint density at radius 2 is 1.86 bits per heavy atom. The molecule has 0 radical (unpaired) electrons. The molecular weight excluding hydrogens is 350 g/mol. The van der Waals surface area contributed by atoms with Gasteiger partial charge in [0.1, 0.15) is 0 Å². The van der Waals surface area contributed by atoms with Crippen molar-refractivity contribution in [2.75, 3.05) is 5.73 Å². The van der Waals surface area contributed by atoms with Crippen LogP contribution in [-0.2, 0) is 11.3 Å². The summed E-state index contributed by atoms with van der Waals surface area (Å²) >= 11 is 0. The molecule has 4 rings (SSSR count). The van der Waals surface area contributed by atoms with Crippen LogP contribution in [0.3, 0.4) is 0 Å². The fraction of sp³-hybridized carbons (Fsp3) is 0.217. The van der Waals surface area contributed by atoms with Crippen molar-refractivity contribution >= 4 is 11.6 Å². The Balaban J connectivity index is 1.30. The number of carbonyl (C=O) groups is 1. The van der Waals surface area contributed by atoms with Crippen LogP contribution in [0.25, 0.3) is 11.1 Å². The number of nitrogen functional groups attached to an aromatic ring is 1. The second-order valence-corrected chi connectivity index (χ2v) is 7.15. The van der Waals surface area contributed by atoms with Crippen molar-refractivity contribution in [3.8, 4) is 11.1 Å². The summed E-state index contributed by atoms with van der Waals surface area (Å²) in [6, 6.07) is 19.7. The Hall–Kier alpha value is -3.18. The highest BCUT2D eigenvalue weighted by Crippen LogP contribution is 2.26. The van der Waals surface area contributed by atoms with Crippen LogP contribution in [0.4, 0.5) is 5.69 Å². The predicted molar refractivity (Wildman–Crippen MR) is 110 cm³/mol. The summed E-state index contributed by atoms with van der Waals surface area (Å²) in [5.41, 5.74) is 10.0. The molecule has 0 aliphatic heterocycles. The zero-order valence-electron chi connectivity index (χ0n) is 15.5. The van der Waals surface area contributed by atoms with Crippen LogP contribution in [-0.4, -0.2) is 23.0 Å². The van der Waals surface area contributed by atoms with Crippen molar-refractivity contribution in [2.45, 2.75) is 31.6 Å². The number of pyridine rings is 1. The Bertz CT molecular complexity index is 953. The van der Waals surface area contributed by atoms with Gasteiger partial charge in [-0.3, -0.25) is 9.78 Å². The molecule has 0 atom stereocenters. The lowest BCUT2D eigenvalue weighted by atomic mass is 9.89. The van der Waals surface area contributed by atoms with Crippen LogP contribution in [0.15, 0.2) is 73.1 Å². The van der Waals surface area contributed by atoms with Gasteiger partial charge in [-0.2, -0.15) is 0 Å². The summed E-state index contributed by atoms with van der Waals surface area (Å²) in [6.07, 6.45) is 5.24. The molecule has 5 heteroatoms. The van der Waals surface area contributed by atoms with Crippen molar-refractivity contribution in [3.63, 3.8) is 0 Å². The van der Waals surface area contributed by atoms with Crippen LogP contribution >= 0.6 is 0 Å². The molecule has 1 aromatic heterocycles. The number of rotatable bonds is 6. The first-order valence-electron chi connectivity index (χ1n) is 9.45. The largest absolute Gasteiger partial charge is 0.397 e. The van der Waals surface area contributed by atoms with Gasteiger partial charge in [0.2, 0.25) is 0 Å². The molecule has 3 N–H and O–H groups in total. The second kappa shape index (κ2) is 8.23. The van der Waals surface area contributed by atoms with Gasteiger partial charge in [-0.25, -0.2) is 0 Å². The minimum atomic E-state index is -0.0646. The summed E-state index contributed by atoms with van der Waals surface area (Å²) < 4.78 is 5.90. The van der Waals surface area contributed by atoms with Crippen molar-refractivity contribution < 1.29 is 9.53 Å². The molecule has 142 valence electrons. The quantitative estimate of drug-likeness (QED) is 0.689. The fourth-order valence-corrected chi connectivity index (χ4v) is 3.33. The number of hydrogen-bond acceptors (Lipinski definition) is 4. The summed E-state index contributed by atoms with van der Waals surface area (Å²) in [5.74, 6) is -0.0646. The number of amides is 1. The van der Waals surface area contributed by atoms with Crippen LogP contribution in [0.2, 0.25) is 0 Å². The first-order valence-corrected chi connectivity index (χ1v) is 9.45. The van der Waals surface area contributed by atoms with E-state index in [1.807, 2.05) is 48.5 Å². The number of nitrogens with one attached hydrogen (secondary N) is 1. The smallest absolute Gasteiger partial charge is 0.251 e. The Morgan fingerprint density at radius 3 is 2.64 bits per heavy atom. The number of nitrogens with zero attached hydrogens (tertiary/aromatic N) is 1. The van der Waals surface area contributed by atoms with E-state index in [-0.39, 0.29) is 18.1 Å². The predicted octanol–water partition coefficient (Wildman–Crippen LogP) is 3.81. The number of ether oxygens (including phenoxy) is 1. The third-order valence-corrected chi connectivity index (χ3v) is 4.98. The Morgan fingerprint density at radius 1 is 1.04 bits per heavy atom. The third kappa shape index (κ3) is 4.38. The lowest BCUT2D eigenvalue weighted by Gasteiger charge is -2.35. The summed E-state index contributed by atoms with van der Waals surface area (Å²) in [7, 11) is 0. The van der Waals surface area contributed by atoms with E-state index in [0.717, 1.165) is 24.0 Å². The van der Waals surface area contributed by atoms with Gasteiger partial charge < -0.3 is 15.8 Å². The summed E-state index contributed by atoms with van der Waals surface area (Å²) in [5, 5.41) is 3.09. The highest BCUT2D eigenvalue weighted by Gasteiger charge is 2.31. The summed E-state index contributed by atoms with van der Waals surface area (Å²) in [4.78, 5) is 16.7. The van der Waals surface area contributed by atoms with E-state index in [1.165, 1.54) is 5.56 Å². The number of nitrogens with two attached hydrogens (primary N) is 1. The maximum absolute atomic E-state index is 12.6. The molecule has 1 aliphatic carbocycles. The molecule has 28 heavy (non-hydrogen) atoms. The van der Waals surface area contributed by atoms with E-state index in [2.05, 4.69) is 22.4 Å². The van der Waals surface area contributed by atoms with Gasteiger partial charge in [-0.05, 0) is 42.2 Å². The van der Waals surface area contributed by atoms with Gasteiger partial charge in [-0.1, -0.05) is 42.5 Å². The minimum absolute atomic E-state index is 0.0646. The number of carbonyl (C=O) groups excluding carboxylic acids is 1. The van der Waals surface area contributed by atoms with E-state index in [0.29, 0.717) is 17.9 Å². The molecule has 0 spiro atoms. The number of benzene rings is 2. The SMILES string of the molecule is Nc1cncc(-c2cccc(C(=O)NC3CC(OCc4ccccc4)C3)c2)c1. The third-order valence-electron chi connectivity index (χ3n) is 4.98. The second-order valence-electron chi connectivity index (χ2n) is 7.15. The minimum Gasteiger partial charge on any atom is -0.397 e. The van der Waals surface area contributed by atoms with Crippen LogP contribution < -0.4 is 11.1 Å².